The van der Waals surface area contributed by atoms with Crippen LogP contribution in [0.3, 0.4) is 0 Å². The molecule has 3 N–H and O–H groups in total. The minimum atomic E-state index is -0.983. The maximum Gasteiger partial charge on any atom is 0.326 e. The van der Waals surface area contributed by atoms with Crippen LogP contribution in [0.1, 0.15) is 24.5 Å². The molecule has 19 heavy (non-hydrogen) atoms. The van der Waals surface area contributed by atoms with Gasteiger partial charge in [0.25, 0.3) is 0 Å². The minimum Gasteiger partial charge on any atom is -0.468 e. The molecule has 0 fully saturated rings. The Kier molecular flexibility index (Phi) is 3.57. The predicted molar refractivity (Wildman–Crippen MR) is 73.8 cm³/mol. The fraction of sp³-hybridized carbons (Fsp3) is 0.429. The molecule has 0 aliphatic carbocycles. The molecule has 2 aromatic rings. The lowest BCUT2D eigenvalue weighted by Gasteiger charge is -2.25. The van der Waals surface area contributed by atoms with E-state index in [1.807, 2.05) is 26.0 Å². The molecule has 1 unspecified atom stereocenters. The molecular formula is C14H19N3O2. The van der Waals surface area contributed by atoms with E-state index in [4.69, 9.17) is 10.5 Å². The van der Waals surface area contributed by atoms with Crippen molar-refractivity contribution in [2.75, 3.05) is 7.11 Å². The second-order valence-electron chi connectivity index (χ2n) is 4.88. The minimum absolute atomic E-state index is 0.378. The first-order valence-electron chi connectivity index (χ1n) is 6.30. The molecule has 2 rings (SSSR count). The summed E-state index contributed by atoms with van der Waals surface area (Å²) in [6, 6.07) is 3.99. The third kappa shape index (κ3) is 2.46. The largest absolute Gasteiger partial charge is 0.468 e. The van der Waals surface area contributed by atoms with Crippen molar-refractivity contribution < 1.29 is 9.53 Å². The lowest BCUT2D eigenvalue weighted by Crippen LogP contribution is -2.50. The predicted octanol–water partition coefficient (Wildman–Crippen LogP) is 1.69. The lowest BCUT2D eigenvalue weighted by molar-refractivity contribution is -0.147. The number of nitrogens with one attached hydrogen (secondary N) is 1. The molecular weight excluding hydrogens is 242 g/mol. The van der Waals surface area contributed by atoms with Crippen molar-refractivity contribution in [3.63, 3.8) is 0 Å². The topological polar surface area (TPSA) is 81.0 Å². The standard InChI is InChI=1S/C14H19N3O2/c1-4-14(15,13(18)19-3)7-10-6-12-11(5-9(10)2)16-8-17-12/h5-6,8H,4,7,15H2,1-3H3,(H,16,17). The number of methoxy groups -OCH3 is 1. The molecule has 0 bridgehead atoms. The number of aromatic nitrogens is 2. The maximum atomic E-state index is 11.8. The number of hydrogen-bond acceptors (Lipinski definition) is 4. The Morgan fingerprint density at radius 2 is 2.26 bits per heavy atom. The third-order valence-corrected chi connectivity index (χ3v) is 3.61. The van der Waals surface area contributed by atoms with Crippen LogP contribution in [-0.4, -0.2) is 28.6 Å². The van der Waals surface area contributed by atoms with E-state index < -0.39 is 5.54 Å². The Balaban J connectivity index is 2.38. The van der Waals surface area contributed by atoms with E-state index in [9.17, 15) is 4.79 Å². The summed E-state index contributed by atoms with van der Waals surface area (Å²) in [6.45, 7) is 3.89. The summed E-state index contributed by atoms with van der Waals surface area (Å²) in [5.74, 6) is -0.378. The highest BCUT2D eigenvalue weighted by molar-refractivity contribution is 5.82. The fourth-order valence-electron chi connectivity index (χ4n) is 2.21. The second kappa shape index (κ2) is 5.01. The summed E-state index contributed by atoms with van der Waals surface area (Å²) >= 11 is 0. The van der Waals surface area contributed by atoms with Gasteiger partial charge in [-0.3, -0.25) is 4.79 Å². The molecule has 102 valence electrons. The van der Waals surface area contributed by atoms with Crippen molar-refractivity contribution in [2.24, 2.45) is 5.73 Å². The lowest BCUT2D eigenvalue weighted by atomic mass is 9.87. The van der Waals surface area contributed by atoms with Crippen molar-refractivity contribution in [2.45, 2.75) is 32.2 Å². The molecule has 0 spiro atoms. The Hall–Kier alpha value is -1.88. The van der Waals surface area contributed by atoms with E-state index in [1.54, 1.807) is 6.33 Å². The second-order valence-corrected chi connectivity index (χ2v) is 4.88. The fourth-order valence-corrected chi connectivity index (χ4v) is 2.21. The van der Waals surface area contributed by atoms with Gasteiger partial charge in [-0.2, -0.15) is 0 Å². The highest BCUT2D eigenvalue weighted by Crippen LogP contribution is 2.22. The van der Waals surface area contributed by atoms with Crippen molar-refractivity contribution in [3.05, 3.63) is 29.6 Å². The van der Waals surface area contributed by atoms with Crippen LogP contribution in [0.4, 0.5) is 0 Å². The van der Waals surface area contributed by atoms with E-state index in [0.717, 1.165) is 22.2 Å². The first-order valence-corrected chi connectivity index (χ1v) is 6.30. The van der Waals surface area contributed by atoms with E-state index in [-0.39, 0.29) is 5.97 Å². The smallest absolute Gasteiger partial charge is 0.326 e. The summed E-state index contributed by atoms with van der Waals surface area (Å²) in [7, 11) is 1.36. The van der Waals surface area contributed by atoms with Gasteiger partial charge < -0.3 is 15.5 Å². The van der Waals surface area contributed by atoms with Crippen LogP contribution < -0.4 is 5.73 Å². The summed E-state index contributed by atoms with van der Waals surface area (Å²) in [6.07, 6.45) is 2.63. The molecule has 1 heterocycles. The van der Waals surface area contributed by atoms with E-state index in [2.05, 4.69) is 9.97 Å². The van der Waals surface area contributed by atoms with Gasteiger partial charge in [-0.1, -0.05) is 6.92 Å². The van der Waals surface area contributed by atoms with Gasteiger partial charge in [0.1, 0.15) is 5.54 Å². The zero-order valence-electron chi connectivity index (χ0n) is 11.5. The SMILES string of the molecule is CCC(N)(Cc1cc2nc[nH]c2cc1C)C(=O)OC. The van der Waals surface area contributed by atoms with Gasteiger partial charge in [0, 0.05) is 6.42 Å². The van der Waals surface area contributed by atoms with Gasteiger partial charge in [0.05, 0.1) is 24.5 Å². The summed E-state index contributed by atoms with van der Waals surface area (Å²) in [5.41, 5.74) is 9.16. The van der Waals surface area contributed by atoms with Crippen LogP contribution in [-0.2, 0) is 16.0 Å². The van der Waals surface area contributed by atoms with Crippen molar-refractivity contribution in [3.8, 4) is 0 Å². The van der Waals surface area contributed by atoms with Crippen molar-refractivity contribution in [1.82, 2.24) is 9.97 Å². The van der Waals surface area contributed by atoms with Gasteiger partial charge in [-0.05, 0) is 36.6 Å². The summed E-state index contributed by atoms with van der Waals surface area (Å²) < 4.78 is 4.81. The third-order valence-electron chi connectivity index (χ3n) is 3.61. The number of H-pyrrole nitrogens is 1. The first-order chi connectivity index (χ1) is 9.00. The molecule has 0 saturated heterocycles. The number of esters is 1. The number of ether oxygens (including phenoxy) is 1. The van der Waals surface area contributed by atoms with Crippen LogP contribution in [0.25, 0.3) is 11.0 Å². The average Bonchev–Trinajstić information content (AvgIpc) is 2.85. The highest BCUT2D eigenvalue weighted by Gasteiger charge is 2.33. The molecule has 1 aromatic carbocycles. The summed E-state index contributed by atoms with van der Waals surface area (Å²) in [5, 5.41) is 0. The van der Waals surface area contributed by atoms with Crippen LogP contribution in [0.5, 0.6) is 0 Å². The number of aryl methyl sites for hydroxylation is 1. The molecule has 0 aliphatic heterocycles. The van der Waals surface area contributed by atoms with Crippen molar-refractivity contribution in [1.29, 1.82) is 0 Å². The average molecular weight is 261 g/mol. The number of imidazole rings is 1. The monoisotopic (exact) mass is 261 g/mol. The van der Waals surface area contributed by atoms with Crippen LogP contribution in [0.15, 0.2) is 18.5 Å². The van der Waals surface area contributed by atoms with Crippen molar-refractivity contribution >= 4 is 17.0 Å². The number of rotatable bonds is 4. The quantitative estimate of drug-likeness (QED) is 0.821. The first kappa shape index (κ1) is 13.5. The van der Waals surface area contributed by atoms with Gasteiger partial charge in [-0.25, -0.2) is 4.98 Å². The number of aromatic amines is 1. The molecule has 0 radical (unpaired) electrons. The van der Waals surface area contributed by atoms with E-state index in [1.165, 1.54) is 7.11 Å². The van der Waals surface area contributed by atoms with Gasteiger partial charge in [0.2, 0.25) is 0 Å². The molecule has 0 saturated carbocycles. The number of nitrogens with two attached hydrogens (primary N) is 1. The zero-order valence-corrected chi connectivity index (χ0v) is 11.5. The number of benzene rings is 1. The molecule has 0 amide bonds. The number of fused-ring (bicyclic) bond motifs is 1. The van der Waals surface area contributed by atoms with Gasteiger partial charge in [0.15, 0.2) is 0 Å². The number of hydrogen-bond donors (Lipinski definition) is 2. The Labute approximate surface area is 112 Å². The number of carbonyl (C=O) groups excluding carboxylic acids is 1. The Morgan fingerprint density at radius 1 is 1.53 bits per heavy atom. The van der Waals surface area contributed by atoms with Crippen LogP contribution in [0.2, 0.25) is 0 Å². The van der Waals surface area contributed by atoms with E-state index in [0.29, 0.717) is 12.8 Å². The Morgan fingerprint density at radius 3 is 2.89 bits per heavy atom. The Bertz CT molecular complexity index is 606. The molecule has 0 aliphatic rings. The normalized spacial score (nSPS) is 14.3. The van der Waals surface area contributed by atoms with Gasteiger partial charge >= 0.3 is 5.97 Å². The highest BCUT2D eigenvalue weighted by atomic mass is 16.5. The zero-order chi connectivity index (χ0) is 14.0. The van der Waals surface area contributed by atoms with Crippen LogP contribution in [0, 0.1) is 6.92 Å². The van der Waals surface area contributed by atoms with E-state index >= 15 is 0 Å². The van der Waals surface area contributed by atoms with Gasteiger partial charge in [-0.15, -0.1) is 0 Å². The summed E-state index contributed by atoms with van der Waals surface area (Å²) in [4.78, 5) is 19.1. The molecule has 1 aromatic heterocycles. The molecule has 5 nitrogen and oxygen atoms in total. The maximum absolute atomic E-state index is 11.8. The number of nitrogens with zero attached hydrogens (tertiary/aromatic N) is 1. The van der Waals surface area contributed by atoms with Crippen LogP contribution >= 0.6 is 0 Å². The molecule has 5 heteroatoms. The molecule has 1 atom stereocenters. The number of carbonyl (C=O) groups is 1.